The molecule has 19 heavy (non-hydrogen) atoms. The molecule has 0 spiro atoms. The summed E-state index contributed by atoms with van der Waals surface area (Å²) >= 11 is 0. The Morgan fingerprint density at radius 3 is 2.63 bits per heavy atom. The van der Waals surface area contributed by atoms with Gasteiger partial charge in [-0.3, -0.25) is 0 Å². The Morgan fingerprint density at radius 1 is 1.26 bits per heavy atom. The largest absolute Gasteiger partial charge is 0.497 e. The second kappa shape index (κ2) is 6.13. The van der Waals surface area contributed by atoms with Crippen LogP contribution in [0.2, 0.25) is 0 Å². The molecule has 2 rings (SSSR count). The Kier molecular flexibility index (Phi) is 4.28. The summed E-state index contributed by atoms with van der Waals surface area (Å²) in [7, 11) is 3.58. The fourth-order valence-corrected chi connectivity index (χ4v) is 1.91. The Labute approximate surface area is 112 Å². The molecule has 0 aliphatic heterocycles. The number of benzene rings is 1. The molecule has 0 unspecified atom stereocenters. The van der Waals surface area contributed by atoms with Gasteiger partial charge in [0, 0.05) is 25.5 Å². The third-order valence-corrected chi connectivity index (χ3v) is 3.04. The molecule has 0 saturated heterocycles. The fourth-order valence-electron chi connectivity index (χ4n) is 1.91. The molecule has 1 aromatic carbocycles. The minimum absolute atomic E-state index is 0.560. The summed E-state index contributed by atoms with van der Waals surface area (Å²) in [5, 5.41) is 8.38. The van der Waals surface area contributed by atoms with Crippen molar-refractivity contribution in [1.29, 1.82) is 0 Å². The molecule has 0 aliphatic carbocycles. The van der Waals surface area contributed by atoms with Crippen LogP contribution in [0.3, 0.4) is 0 Å². The highest BCUT2D eigenvalue weighted by Crippen LogP contribution is 2.21. The monoisotopic (exact) mass is 259 g/mol. The number of nitrogens with zero attached hydrogens (tertiary/aromatic N) is 3. The van der Waals surface area contributed by atoms with E-state index in [-0.39, 0.29) is 0 Å². The molecule has 0 fully saturated rings. The van der Waals surface area contributed by atoms with Crippen LogP contribution >= 0.6 is 0 Å². The highest BCUT2D eigenvalue weighted by molar-refractivity contribution is 5.56. The van der Waals surface area contributed by atoms with Gasteiger partial charge in [-0.1, -0.05) is 0 Å². The topological polar surface area (TPSA) is 57.0 Å². The van der Waals surface area contributed by atoms with Gasteiger partial charge in [0.25, 0.3) is 0 Å². The number of rotatable bonds is 6. The van der Waals surface area contributed by atoms with Crippen LogP contribution in [0.1, 0.15) is 18.7 Å². The van der Waals surface area contributed by atoms with Gasteiger partial charge in [0.15, 0.2) is 5.82 Å². The highest BCUT2D eigenvalue weighted by Gasteiger charge is 2.10. The molecule has 2 aromatic rings. The fraction of sp³-hybridized carbons (Fsp3) is 0.357. The van der Waals surface area contributed by atoms with E-state index < -0.39 is 0 Å². The van der Waals surface area contributed by atoms with E-state index in [0.29, 0.717) is 6.42 Å². The summed E-state index contributed by atoms with van der Waals surface area (Å²) in [5.41, 5.74) is 0.998. The van der Waals surface area contributed by atoms with Crippen molar-refractivity contribution in [2.45, 2.75) is 19.3 Å². The number of aromatic nitrogens is 3. The standard InChI is InChI=1S/C14H17N3O2/c1-17-13(5-3-4-10-18)15-16-14(17)11-6-8-12(19-2)9-7-11/h6-10H,3-5H2,1-2H3. The molecule has 0 amide bonds. The average molecular weight is 259 g/mol. The van der Waals surface area contributed by atoms with Crippen LogP contribution < -0.4 is 4.74 Å². The Hall–Kier alpha value is -2.17. The first-order valence-electron chi connectivity index (χ1n) is 6.22. The summed E-state index contributed by atoms with van der Waals surface area (Å²) < 4.78 is 7.09. The van der Waals surface area contributed by atoms with Gasteiger partial charge in [0.2, 0.25) is 0 Å². The maximum atomic E-state index is 10.3. The quantitative estimate of drug-likeness (QED) is 0.588. The zero-order valence-electron chi connectivity index (χ0n) is 11.2. The maximum absolute atomic E-state index is 10.3. The minimum atomic E-state index is 0.560. The first-order chi connectivity index (χ1) is 9.26. The number of carbonyl (C=O) groups is 1. The van der Waals surface area contributed by atoms with Crippen LogP contribution in [0.4, 0.5) is 0 Å². The number of methoxy groups -OCH3 is 1. The number of ether oxygens (including phenoxy) is 1. The average Bonchev–Trinajstić information content (AvgIpc) is 2.81. The predicted octanol–water partition coefficient (Wildman–Crippen LogP) is 2.01. The van der Waals surface area contributed by atoms with Gasteiger partial charge in [0.05, 0.1) is 7.11 Å². The van der Waals surface area contributed by atoms with Crippen molar-refractivity contribution >= 4 is 6.29 Å². The van der Waals surface area contributed by atoms with E-state index in [0.717, 1.165) is 42.1 Å². The number of aldehydes is 1. The van der Waals surface area contributed by atoms with Gasteiger partial charge in [-0.05, 0) is 30.7 Å². The van der Waals surface area contributed by atoms with Crippen molar-refractivity contribution in [2.75, 3.05) is 7.11 Å². The van der Waals surface area contributed by atoms with E-state index in [1.165, 1.54) is 0 Å². The van der Waals surface area contributed by atoms with Crippen molar-refractivity contribution < 1.29 is 9.53 Å². The van der Waals surface area contributed by atoms with Gasteiger partial charge in [0.1, 0.15) is 17.9 Å². The molecule has 1 heterocycles. The first kappa shape index (κ1) is 13.3. The molecule has 0 atom stereocenters. The zero-order valence-corrected chi connectivity index (χ0v) is 11.2. The lowest BCUT2D eigenvalue weighted by atomic mass is 10.2. The van der Waals surface area contributed by atoms with E-state index in [1.54, 1.807) is 7.11 Å². The molecule has 0 bridgehead atoms. The van der Waals surface area contributed by atoms with Gasteiger partial charge >= 0.3 is 0 Å². The van der Waals surface area contributed by atoms with Gasteiger partial charge in [-0.25, -0.2) is 0 Å². The molecular formula is C14H17N3O2. The Morgan fingerprint density at radius 2 is 2.00 bits per heavy atom. The Bertz CT molecular complexity index is 546. The lowest BCUT2D eigenvalue weighted by Gasteiger charge is -2.04. The molecule has 0 radical (unpaired) electrons. The van der Waals surface area contributed by atoms with Crippen LogP contribution in [0, 0.1) is 0 Å². The summed E-state index contributed by atoms with van der Waals surface area (Å²) in [6.45, 7) is 0. The molecule has 0 saturated carbocycles. The normalized spacial score (nSPS) is 10.4. The SMILES string of the molecule is COc1ccc(-c2nnc(CCCC=O)n2C)cc1. The number of unbranched alkanes of at least 4 members (excludes halogenated alkanes) is 1. The van der Waals surface area contributed by atoms with Gasteiger partial charge in [-0.15, -0.1) is 10.2 Å². The van der Waals surface area contributed by atoms with Crippen LogP contribution in [0.15, 0.2) is 24.3 Å². The smallest absolute Gasteiger partial charge is 0.163 e. The van der Waals surface area contributed by atoms with E-state index in [4.69, 9.17) is 4.74 Å². The van der Waals surface area contributed by atoms with Gasteiger partial charge < -0.3 is 14.1 Å². The molecule has 1 aromatic heterocycles. The summed E-state index contributed by atoms with van der Waals surface area (Å²) in [6.07, 6.45) is 3.06. The van der Waals surface area contributed by atoms with Crippen molar-refractivity contribution in [3.63, 3.8) is 0 Å². The highest BCUT2D eigenvalue weighted by atomic mass is 16.5. The summed E-state index contributed by atoms with van der Waals surface area (Å²) in [4.78, 5) is 10.3. The number of aryl methyl sites for hydroxylation is 1. The number of hydrogen-bond donors (Lipinski definition) is 0. The first-order valence-corrected chi connectivity index (χ1v) is 6.22. The summed E-state index contributed by atoms with van der Waals surface area (Å²) in [6, 6.07) is 7.71. The predicted molar refractivity (Wildman–Crippen MR) is 72.0 cm³/mol. The second-order valence-corrected chi connectivity index (χ2v) is 4.29. The van der Waals surface area contributed by atoms with Crippen LogP contribution in [0.25, 0.3) is 11.4 Å². The van der Waals surface area contributed by atoms with Crippen molar-refractivity contribution in [3.8, 4) is 17.1 Å². The third kappa shape index (κ3) is 2.99. The molecular weight excluding hydrogens is 242 g/mol. The van der Waals surface area contributed by atoms with E-state index in [2.05, 4.69) is 10.2 Å². The zero-order chi connectivity index (χ0) is 13.7. The van der Waals surface area contributed by atoms with Crippen LogP contribution in [0.5, 0.6) is 5.75 Å². The number of hydrogen-bond acceptors (Lipinski definition) is 4. The third-order valence-electron chi connectivity index (χ3n) is 3.04. The van der Waals surface area contributed by atoms with E-state index in [1.807, 2.05) is 35.9 Å². The van der Waals surface area contributed by atoms with Gasteiger partial charge in [-0.2, -0.15) is 0 Å². The van der Waals surface area contributed by atoms with Crippen molar-refractivity contribution in [2.24, 2.45) is 7.05 Å². The van der Waals surface area contributed by atoms with E-state index >= 15 is 0 Å². The molecule has 0 N–H and O–H groups in total. The summed E-state index contributed by atoms with van der Waals surface area (Å²) in [5.74, 6) is 2.54. The van der Waals surface area contributed by atoms with Crippen LogP contribution in [-0.4, -0.2) is 28.2 Å². The second-order valence-electron chi connectivity index (χ2n) is 4.29. The molecule has 5 nitrogen and oxygen atoms in total. The maximum Gasteiger partial charge on any atom is 0.163 e. The van der Waals surface area contributed by atoms with Crippen molar-refractivity contribution in [1.82, 2.24) is 14.8 Å². The lowest BCUT2D eigenvalue weighted by molar-refractivity contribution is -0.107. The van der Waals surface area contributed by atoms with Crippen LogP contribution in [-0.2, 0) is 18.3 Å². The minimum Gasteiger partial charge on any atom is -0.497 e. The molecule has 100 valence electrons. The lowest BCUT2D eigenvalue weighted by Crippen LogP contribution is -2.00. The Balaban J connectivity index is 2.17. The van der Waals surface area contributed by atoms with Crippen molar-refractivity contribution in [3.05, 3.63) is 30.1 Å². The van der Waals surface area contributed by atoms with E-state index in [9.17, 15) is 4.79 Å². The number of carbonyl (C=O) groups excluding carboxylic acids is 1. The molecule has 0 aliphatic rings. The molecule has 5 heteroatoms.